The van der Waals surface area contributed by atoms with Crippen molar-refractivity contribution in [1.29, 1.82) is 0 Å². The van der Waals surface area contributed by atoms with Gasteiger partial charge in [-0.15, -0.1) is 0 Å². The second-order valence-electron chi connectivity index (χ2n) is 5.50. The third kappa shape index (κ3) is 4.67. The number of nitrogens with zero attached hydrogens (tertiary/aromatic N) is 2. The standard InChI is InChI=1S/C13H24N2O5S/c1-4-10(2)14(9-12(16)17)13(18)11-7-5-6-8-15(11)21(3,19)20/h10-11H,4-9H2,1-3H3,(H,16,17). The molecule has 122 valence electrons. The molecule has 8 heteroatoms. The van der Waals surface area contributed by atoms with Crippen LogP contribution in [0.4, 0.5) is 0 Å². The molecule has 1 N–H and O–H groups in total. The van der Waals surface area contributed by atoms with Crippen molar-refractivity contribution in [1.82, 2.24) is 9.21 Å². The SMILES string of the molecule is CCC(C)N(CC(=O)O)C(=O)C1CCCCN1S(C)(=O)=O. The van der Waals surface area contributed by atoms with E-state index >= 15 is 0 Å². The zero-order valence-corrected chi connectivity index (χ0v) is 13.6. The van der Waals surface area contributed by atoms with Crippen molar-refractivity contribution in [3.8, 4) is 0 Å². The average molecular weight is 320 g/mol. The van der Waals surface area contributed by atoms with E-state index in [0.29, 0.717) is 19.4 Å². The van der Waals surface area contributed by atoms with Gasteiger partial charge in [0, 0.05) is 12.6 Å². The van der Waals surface area contributed by atoms with Crippen LogP contribution in [-0.4, -0.2) is 66.0 Å². The molecule has 1 aliphatic rings. The Hall–Kier alpha value is -1.15. The van der Waals surface area contributed by atoms with Crippen molar-refractivity contribution >= 4 is 21.9 Å². The van der Waals surface area contributed by atoms with E-state index in [2.05, 4.69) is 0 Å². The summed E-state index contributed by atoms with van der Waals surface area (Å²) in [6.07, 6.45) is 3.63. The number of carboxylic acid groups (broad SMARTS) is 1. The molecule has 0 saturated carbocycles. The molecule has 0 aromatic heterocycles. The van der Waals surface area contributed by atoms with E-state index in [1.54, 1.807) is 6.92 Å². The number of rotatable bonds is 6. The lowest BCUT2D eigenvalue weighted by atomic mass is 10.0. The van der Waals surface area contributed by atoms with Crippen molar-refractivity contribution < 1.29 is 23.1 Å². The normalized spacial score (nSPS) is 21.8. The van der Waals surface area contributed by atoms with Crippen molar-refractivity contribution in [2.24, 2.45) is 0 Å². The first-order valence-electron chi connectivity index (χ1n) is 7.17. The van der Waals surface area contributed by atoms with Gasteiger partial charge in [-0.1, -0.05) is 13.3 Å². The maximum absolute atomic E-state index is 12.6. The van der Waals surface area contributed by atoms with Gasteiger partial charge < -0.3 is 10.0 Å². The average Bonchev–Trinajstić information content (AvgIpc) is 2.42. The molecule has 2 atom stereocenters. The Kier molecular flexibility index (Phi) is 6.15. The van der Waals surface area contributed by atoms with Gasteiger partial charge in [-0.2, -0.15) is 4.31 Å². The van der Waals surface area contributed by atoms with Gasteiger partial charge in [-0.3, -0.25) is 9.59 Å². The van der Waals surface area contributed by atoms with Crippen molar-refractivity contribution in [3.63, 3.8) is 0 Å². The van der Waals surface area contributed by atoms with E-state index in [1.807, 2.05) is 6.92 Å². The number of carboxylic acids is 1. The van der Waals surface area contributed by atoms with Gasteiger partial charge in [-0.05, 0) is 26.2 Å². The van der Waals surface area contributed by atoms with Gasteiger partial charge in [-0.25, -0.2) is 8.42 Å². The predicted molar refractivity (Wildman–Crippen MR) is 78.3 cm³/mol. The Labute approximate surface area is 126 Å². The topological polar surface area (TPSA) is 95.0 Å². The summed E-state index contributed by atoms with van der Waals surface area (Å²) in [5.74, 6) is -1.50. The molecular formula is C13H24N2O5S. The van der Waals surface area contributed by atoms with E-state index in [1.165, 1.54) is 9.21 Å². The van der Waals surface area contributed by atoms with E-state index < -0.39 is 34.5 Å². The third-order valence-electron chi connectivity index (χ3n) is 3.88. The van der Waals surface area contributed by atoms with Crippen LogP contribution in [0.5, 0.6) is 0 Å². The lowest BCUT2D eigenvalue weighted by molar-refractivity contribution is -0.148. The zero-order valence-electron chi connectivity index (χ0n) is 12.8. The molecule has 0 radical (unpaired) electrons. The number of carbonyl (C=O) groups is 2. The molecule has 1 amide bonds. The van der Waals surface area contributed by atoms with Crippen LogP contribution in [0.3, 0.4) is 0 Å². The molecule has 1 heterocycles. The number of hydrogen-bond donors (Lipinski definition) is 1. The fourth-order valence-electron chi connectivity index (χ4n) is 2.56. The number of carbonyl (C=O) groups excluding carboxylic acids is 1. The summed E-state index contributed by atoms with van der Waals surface area (Å²) in [5.41, 5.74) is 0. The number of sulfonamides is 1. The molecular weight excluding hydrogens is 296 g/mol. The van der Waals surface area contributed by atoms with Crippen LogP contribution >= 0.6 is 0 Å². The van der Waals surface area contributed by atoms with Crippen LogP contribution in [0.2, 0.25) is 0 Å². The van der Waals surface area contributed by atoms with Gasteiger partial charge in [0.15, 0.2) is 0 Å². The molecule has 1 rings (SSSR count). The Bertz CT molecular complexity index is 491. The highest BCUT2D eigenvalue weighted by Gasteiger charge is 2.38. The van der Waals surface area contributed by atoms with Gasteiger partial charge >= 0.3 is 5.97 Å². The zero-order chi connectivity index (χ0) is 16.2. The van der Waals surface area contributed by atoms with E-state index in [9.17, 15) is 18.0 Å². The summed E-state index contributed by atoms with van der Waals surface area (Å²) in [6, 6.07) is -1.01. The molecule has 0 aliphatic carbocycles. The maximum atomic E-state index is 12.6. The summed E-state index contributed by atoms with van der Waals surface area (Å²) in [5, 5.41) is 8.98. The monoisotopic (exact) mass is 320 g/mol. The fraction of sp³-hybridized carbons (Fsp3) is 0.846. The van der Waals surface area contributed by atoms with Gasteiger partial charge in [0.2, 0.25) is 15.9 Å². The minimum Gasteiger partial charge on any atom is -0.480 e. The molecule has 21 heavy (non-hydrogen) atoms. The highest BCUT2D eigenvalue weighted by molar-refractivity contribution is 7.88. The largest absolute Gasteiger partial charge is 0.480 e. The van der Waals surface area contributed by atoms with Gasteiger partial charge in [0.25, 0.3) is 0 Å². The van der Waals surface area contributed by atoms with E-state index in [-0.39, 0.29) is 6.04 Å². The summed E-state index contributed by atoms with van der Waals surface area (Å²) < 4.78 is 24.9. The number of amides is 1. The third-order valence-corrected chi connectivity index (χ3v) is 5.17. The first kappa shape index (κ1) is 17.9. The fourth-order valence-corrected chi connectivity index (χ4v) is 3.68. The van der Waals surface area contributed by atoms with Crippen LogP contribution in [0.25, 0.3) is 0 Å². The Morgan fingerprint density at radius 2 is 2.00 bits per heavy atom. The lowest BCUT2D eigenvalue weighted by Gasteiger charge is -2.37. The van der Waals surface area contributed by atoms with Crippen LogP contribution in [0.1, 0.15) is 39.5 Å². The van der Waals surface area contributed by atoms with Crippen molar-refractivity contribution in [2.75, 3.05) is 19.3 Å². The quantitative estimate of drug-likeness (QED) is 0.769. The van der Waals surface area contributed by atoms with E-state index in [0.717, 1.165) is 19.1 Å². The smallest absolute Gasteiger partial charge is 0.323 e. The second-order valence-corrected chi connectivity index (χ2v) is 7.44. The highest BCUT2D eigenvalue weighted by atomic mass is 32.2. The predicted octanol–water partition coefficient (Wildman–Crippen LogP) is 0.512. The van der Waals surface area contributed by atoms with Crippen LogP contribution in [0.15, 0.2) is 0 Å². The van der Waals surface area contributed by atoms with Gasteiger partial charge in [0.05, 0.1) is 6.26 Å². The van der Waals surface area contributed by atoms with Gasteiger partial charge in [0.1, 0.15) is 12.6 Å². The number of aliphatic carboxylic acids is 1. The number of hydrogen-bond acceptors (Lipinski definition) is 4. The summed E-state index contributed by atoms with van der Waals surface area (Å²) in [7, 11) is -3.48. The molecule has 1 fully saturated rings. The van der Waals surface area contributed by atoms with E-state index in [4.69, 9.17) is 5.11 Å². The Morgan fingerprint density at radius 1 is 1.38 bits per heavy atom. The van der Waals surface area contributed by atoms with Crippen molar-refractivity contribution in [2.45, 2.75) is 51.6 Å². The first-order valence-corrected chi connectivity index (χ1v) is 9.02. The first-order chi connectivity index (χ1) is 9.68. The van der Waals surface area contributed by atoms with Crippen LogP contribution in [-0.2, 0) is 19.6 Å². The summed E-state index contributed by atoms with van der Waals surface area (Å²) in [6.45, 7) is 3.55. The molecule has 0 spiro atoms. The molecule has 0 bridgehead atoms. The molecule has 7 nitrogen and oxygen atoms in total. The summed E-state index contributed by atoms with van der Waals surface area (Å²) in [4.78, 5) is 24.9. The molecule has 0 aromatic carbocycles. The molecule has 1 aliphatic heterocycles. The molecule has 1 saturated heterocycles. The maximum Gasteiger partial charge on any atom is 0.323 e. The molecule has 0 aromatic rings. The lowest BCUT2D eigenvalue weighted by Crippen LogP contribution is -2.55. The Morgan fingerprint density at radius 3 is 2.48 bits per heavy atom. The van der Waals surface area contributed by atoms with Crippen LogP contribution in [0, 0.1) is 0 Å². The van der Waals surface area contributed by atoms with Crippen LogP contribution < -0.4 is 0 Å². The molecule has 2 unspecified atom stereocenters. The minimum atomic E-state index is -3.48. The highest BCUT2D eigenvalue weighted by Crippen LogP contribution is 2.22. The Balaban J connectivity index is 3.02. The summed E-state index contributed by atoms with van der Waals surface area (Å²) >= 11 is 0. The van der Waals surface area contributed by atoms with Crippen molar-refractivity contribution in [3.05, 3.63) is 0 Å². The number of piperidine rings is 1. The second kappa shape index (κ2) is 7.22. The minimum absolute atomic E-state index is 0.239.